The maximum Gasteiger partial charge on any atom is 0.246 e. The van der Waals surface area contributed by atoms with Gasteiger partial charge < -0.3 is 9.80 Å². The Morgan fingerprint density at radius 1 is 0.963 bits per heavy atom. The fourth-order valence-corrected chi connectivity index (χ4v) is 3.35. The van der Waals surface area contributed by atoms with Gasteiger partial charge in [-0.05, 0) is 25.3 Å². The average molecular weight is 374 g/mol. The highest BCUT2D eigenvalue weighted by Gasteiger charge is 2.15. The maximum absolute atomic E-state index is 11.5. The minimum Gasteiger partial charge on any atom is -0.352 e. The number of unbranched alkanes of at least 4 members (excludes halogenated alkanes) is 5. The standard InChI is InChI=1S/C24H40N2O/c1-6-7-8-9-10-11-13-22-14-16-23(17-15-22)20-26(4,5)19-12-18-25-24(27)21(2)3/h14-17H,2,6-13,18-20H2,1,3-5H3/p+1. The van der Waals surface area contributed by atoms with Gasteiger partial charge in [0.25, 0.3) is 0 Å². The summed E-state index contributed by atoms with van der Waals surface area (Å²) in [4.78, 5) is 11.5. The zero-order valence-corrected chi connectivity index (χ0v) is 18.2. The minimum atomic E-state index is -0.0405. The lowest BCUT2D eigenvalue weighted by Crippen LogP contribution is -2.41. The molecule has 27 heavy (non-hydrogen) atoms. The average Bonchev–Trinajstić information content (AvgIpc) is 2.62. The Hall–Kier alpha value is -1.61. The van der Waals surface area contributed by atoms with Gasteiger partial charge in [-0.25, -0.2) is 0 Å². The van der Waals surface area contributed by atoms with E-state index in [-0.39, 0.29) is 5.91 Å². The first-order chi connectivity index (χ1) is 12.8. The highest BCUT2D eigenvalue weighted by molar-refractivity contribution is 5.91. The predicted octanol–water partition coefficient (Wildman–Crippen LogP) is 5.25. The fraction of sp³-hybridized carbons (Fsp3) is 0.625. The number of aryl methyl sites for hydroxylation is 1. The number of hydrogen-bond donors (Lipinski definition) is 1. The molecule has 3 nitrogen and oxygen atoms in total. The van der Waals surface area contributed by atoms with Crippen molar-refractivity contribution in [2.45, 2.75) is 71.8 Å². The van der Waals surface area contributed by atoms with Gasteiger partial charge in [-0.1, -0.05) is 69.9 Å². The molecule has 0 fully saturated rings. The second kappa shape index (κ2) is 12.7. The summed E-state index contributed by atoms with van der Waals surface area (Å²) in [5.74, 6) is -0.0405. The number of carbonyl (C=O) groups is 1. The first kappa shape index (κ1) is 23.4. The summed E-state index contributed by atoms with van der Waals surface area (Å²) in [6, 6.07) is 9.17. The smallest absolute Gasteiger partial charge is 0.246 e. The lowest BCUT2D eigenvalue weighted by molar-refractivity contribution is -0.903. The lowest BCUT2D eigenvalue weighted by atomic mass is 10.0. The Balaban J connectivity index is 2.29. The maximum atomic E-state index is 11.5. The van der Waals surface area contributed by atoms with Crippen LogP contribution in [0.3, 0.4) is 0 Å². The van der Waals surface area contributed by atoms with Crippen LogP contribution in [0.1, 0.15) is 69.9 Å². The first-order valence-corrected chi connectivity index (χ1v) is 10.7. The van der Waals surface area contributed by atoms with Gasteiger partial charge in [0.15, 0.2) is 0 Å². The molecule has 0 aliphatic carbocycles. The van der Waals surface area contributed by atoms with Gasteiger partial charge in [0, 0.05) is 24.1 Å². The van der Waals surface area contributed by atoms with Crippen molar-refractivity contribution in [3.05, 3.63) is 47.5 Å². The lowest BCUT2D eigenvalue weighted by Gasteiger charge is -2.30. The zero-order valence-electron chi connectivity index (χ0n) is 18.2. The molecule has 1 aromatic rings. The number of amides is 1. The van der Waals surface area contributed by atoms with E-state index in [1.54, 1.807) is 6.92 Å². The molecule has 0 bridgehead atoms. The van der Waals surface area contributed by atoms with Crippen molar-refractivity contribution in [1.29, 1.82) is 0 Å². The fourth-order valence-electron chi connectivity index (χ4n) is 3.35. The van der Waals surface area contributed by atoms with Crippen molar-refractivity contribution in [3.63, 3.8) is 0 Å². The molecule has 1 rings (SSSR count). The van der Waals surface area contributed by atoms with Gasteiger partial charge in [-0.3, -0.25) is 4.79 Å². The largest absolute Gasteiger partial charge is 0.352 e. The molecule has 1 aromatic carbocycles. The van der Waals surface area contributed by atoms with Crippen molar-refractivity contribution in [2.75, 3.05) is 27.2 Å². The molecule has 0 aliphatic heterocycles. The van der Waals surface area contributed by atoms with Crippen LogP contribution in [-0.4, -0.2) is 37.6 Å². The van der Waals surface area contributed by atoms with E-state index in [0.717, 1.165) is 24.0 Å². The molecular formula is C24H41N2O+. The Morgan fingerprint density at radius 3 is 2.19 bits per heavy atom. The van der Waals surface area contributed by atoms with E-state index >= 15 is 0 Å². The van der Waals surface area contributed by atoms with E-state index in [9.17, 15) is 4.79 Å². The van der Waals surface area contributed by atoms with Gasteiger partial charge in [-0.15, -0.1) is 0 Å². The van der Waals surface area contributed by atoms with E-state index in [4.69, 9.17) is 0 Å². The summed E-state index contributed by atoms with van der Waals surface area (Å²) < 4.78 is 0.930. The van der Waals surface area contributed by atoms with Crippen molar-refractivity contribution in [1.82, 2.24) is 5.32 Å². The normalized spacial score (nSPS) is 11.4. The first-order valence-electron chi connectivity index (χ1n) is 10.7. The van der Waals surface area contributed by atoms with Crippen LogP contribution >= 0.6 is 0 Å². The van der Waals surface area contributed by atoms with Crippen molar-refractivity contribution < 1.29 is 9.28 Å². The second-order valence-corrected chi connectivity index (χ2v) is 8.54. The van der Waals surface area contributed by atoms with E-state index in [1.165, 1.54) is 56.1 Å². The molecular weight excluding hydrogens is 332 g/mol. The molecule has 3 heteroatoms. The topological polar surface area (TPSA) is 29.1 Å². The van der Waals surface area contributed by atoms with Gasteiger partial charge in [0.2, 0.25) is 5.91 Å². The van der Waals surface area contributed by atoms with E-state index in [0.29, 0.717) is 12.1 Å². The summed E-state index contributed by atoms with van der Waals surface area (Å²) in [6.07, 6.45) is 10.3. The highest BCUT2D eigenvalue weighted by atomic mass is 16.1. The summed E-state index contributed by atoms with van der Waals surface area (Å²) >= 11 is 0. The Bertz CT molecular complexity index is 560. The van der Waals surface area contributed by atoms with Crippen LogP contribution in [0.15, 0.2) is 36.4 Å². The SMILES string of the molecule is C=C(C)C(=O)NCCC[N+](C)(C)Cc1ccc(CCCCCCCC)cc1. The molecule has 1 amide bonds. The third-order valence-electron chi connectivity index (χ3n) is 5.07. The second-order valence-electron chi connectivity index (χ2n) is 8.54. The molecule has 0 saturated heterocycles. The van der Waals surface area contributed by atoms with Crippen LogP contribution in [0.25, 0.3) is 0 Å². The minimum absolute atomic E-state index is 0.0405. The van der Waals surface area contributed by atoms with E-state index in [1.807, 2.05) is 0 Å². The van der Waals surface area contributed by atoms with E-state index in [2.05, 4.69) is 57.2 Å². The van der Waals surface area contributed by atoms with Gasteiger partial charge in [0.05, 0.1) is 20.6 Å². The quantitative estimate of drug-likeness (QED) is 0.269. The molecule has 0 saturated carbocycles. The predicted molar refractivity (Wildman–Crippen MR) is 117 cm³/mol. The Labute approximate surface area is 167 Å². The summed E-state index contributed by atoms with van der Waals surface area (Å²) in [5.41, 5.74) is 3.42. The van der Waals surface area contributed by atoms with Crippen LogP contribution in [0, 0.1) is 0 Å². The number of rotatable bonds is 14. The van der Waals surface area contributed by atoms with Gasteiger partial charge >= 0.3 is 0 Å². The Kier molecular flexibility index (Phi) is 11.0. The molecule has 0 heterocycles. The van der Waals surface area contributed by atoms with Crippen molar-refractivity contribution in [2.24, 2.45) is 0 Å². The van der Waals surface area contributed by atoms with Crippen LogP contribution < -0.4 is 5.32 Å². The zero-order chi connectivity index (χ0) is 20.1. The Morgan fingerprint density at radius 2 is 1.56 bits per heavy atom. The molecule has 0 aromatic heterocycles. The number of benzene rings is 1. The van der Waals surface area contributed by atoms with Gasteiger partial charge in [-0.2, -0.15) is 0 Å². The summed E-state index contributed by atoms with van der Waals surface area (Å²) in [5, 5.41) is 2.91. The van der Waals surface area contributed by atoms with Crippen LogP contribution in [0.2, 0.25) is 0 Å². The number of quaternary nitrogens is 1. The van der Waals surface area contributed by atoms with E-state index < -0.39 is 0 Å². The molecule has 0 atom stereocenters. The van der Waals surface area contributed by atoms with Crippen molar-refractivity contribution >= 4 is 5.91 Å². The molecule has 0 unspecified atom stereocenters. The molecule has 0 radical (unpaired) electrons. The number of carbonyl (C=O) groups excluding carboxylic acids is 1. The highest BCUT2D eigenvalue weighted by Crippen LogP contribution is 2.14. The summed E-state index contributed by atoms with van der Waals surface area (Å²) in [7, 11) is 4.51. The van der Waals surface area contributed by atoms with Crippen molar-refractivity contribution in [3.8, 4) is 0 Å². The number of hydrogen-bond acceptors (Lipinski definition) is 1. The van der Waals surface area contributed by atoms with Crippen LogP contribution in [0.5, 0.6) is 0 Å². The van der Waals surface area contributed by atoms with Crippen LogP contribution in [-0.2, 0) is 17.8 Å². The molecule has 1 N–H and O–H groups in total. The molecule has 0 spiro atoms. The molecule has 0 aliphatic rings. The van der Waals surface area contributed by atoms with Crippen LogP contribution in [0.4, 0.5) is 0 Å². The monoisotopic (exact) mass is 373 g/mol. The summed E-state index contributed by atoms with van der Waals surface area (Å²) in [6.45, 7) is 10.4. The third-order valence-corrected chi connectivity index (χ3v) is 5.07. The van der Waals surface area contributed by atoms with Gasteiger partial charge in [0.1, 0.15) is 6.54 Å². The molecule has 152 valence electrons. The number of nitrogens with zero attached hydrogens (tertiary/aromatic N) is 1. The third kappa shape index (κ3) is 11.0. The number of nitrogens with one attached hydrogen (secondary N) is 1.